The number of allylic oxidation sites excluding steroid dienone is 1. The van der Waals surface area contributed by atoms with E-state index < -0.39 is 15.3 Å². The summed E-state index contributed by atoms with van der Waals surface area (Å²) < 4.78 is 27.6. The highest BCUT2D eigenvalue weighted by molar-refractivity contribution is 9.09. The summed E-state index contributed by atoms with van der Waals surface area (Å²) >= 11 is 3.43. The van der Waals surface area contributed by atoms with Gasteiger partial charge in [0.1, 0.15) is 5.25 Å². The number of alkyl halides is 1. The number of amides is 1. The van der Waals surface area contributed by atoms with Crippen molar-refractivity contribution in [3.05, 3.63) is 59.7 Å². The van der Waals surface area contributed by atoms with Gasteiger partial charge in [-0.25, -0.2) is 12.7 Å². The Balaban J connectivity index is 2.16. The van der Waals surface area contributed by atoms with Crippen molar-refractivity contribution in [3.63, 3.8) is 0 Å². The minimum Gasteiger partial charge on any atom is -0.352 e. The highest BCUT2D eigenvalue weighted by atomic mass is 79.9. The van der Waals surface area contributed by atoms with Gasteiger partial charge in [0, 0.05) is 25.7 Å². The Morgan fingerprint density at radius 1 is 1.25 bits per heavy atom. The maximum Gasteiger partial charge on any atom is 0.251 e. The van der Waals surface area contributed by atoms with Crippen LogP contribution < -0.4 is 5.32 Å². The minimum absolute atomic E-state index is 0.00601. The van der Waals surface area contributed by atoms with Crippen LogP contribution in [-0.2, 0) is 21.4 Å². The maximum atomic E-state index is 13.1. The first kappa shape index (κ1) is 22.8. The third-order valence-corrected chi connectivity index (χ3v) is 8.43. The van der Waals surface area contributed by atoms with E-state index in [4.69, 9.17) is 0 Å². The fourth-order valence-electron chi connectivity index (χ4n) is 2.72. The molecule has 0 fully saturated rings. The molecule has 2 rings (SSSR count). The quantitative estimate of drug-likeness (QED) is 0.592. The first-order valence-corrected chi connectivity index (χ1v) is 11.8. The van der Waals surface area contributed by atoms with Gasteiger partial charge in [0.15, 0.2) is 0 Å². The second-order valence-electron chi connectivity index (χ2n) is 7.88. The minimum atomic E-state index is -3.65. The van der Waals surface area contributed by atoms with Crippen LogP contribution in [0, 0.1) is 5.41 Å². The number of carbonyl (C=O) groups is 1. The topological polar surface area (TPSA) is 66.5 Å². The molecule has 2 unspecified atom stereocenters. The van der Waals surface area contributed by atoms with Crippen LogP contribution in [0.25, 0.3) is 0 Å². The van der Waals surface area contributed by atoms with Crippen LogP contribution in [0.4, 0.5) is 0 Å². The van der Waals surface area contributed by atoms with E-state index in [0.717, 1.165) is 12.0 Å². The molecule has 1 aromatic carbocycles. The average Bonchev–Trinajstić information content (AvgIpc) is 2.67. The summed E-state index contributed by atoms with van der Waals surface area (Å²) in [6.45, 7) is 7.06. The fourth-order valence-corrected chi connectivity index (χ4v) is 5.32. The molecule has 0 heterocycles. The van der Waals surface area contributed by atoms with Gasteiger partial charge < -0.3 is 5.32 Å². The van der Waals surface area contributed by atoms with Gasteiger partial charge in [-0.15, -0.1) is 0 Å². The highest BCUT2D eigenvalue weighted by Crippen LogP contribution is 2.27. The van der Waals surface area contributed by atoms with Gasteiger partial charge in [0.25, 0.3) is 5.91 Å². The summed E-state index contributed by atoms with van der Waals surface area (Å²) in [7, 11) is -2.08. The molecule has 0 bridgehead atoms. The van der Waals surface area contributed by atoms with Crippen LogP contribution in [0.15, 0.2) is 54.1 Å². The van der Waals surface area contributed by atoms with Crippen molar-refractivity contribution in [1.29, 1.82) is 0 Å². The van der Waals surface area contributed by atoms with Crippen LogP contribution in [0.3, 0.4) is 0 Å². The van der Waals surface area contributed by atoms with E-state index in [2.05, 4.69) is 42.0 Å². The first-order chi connectivity index (χ1) is 13.1. The molecule has 0 aromatic heterocycles. The number of rotatable bonds is 8. The average molecular weight is 469 g/mol. The Labute approximate surface area is 177 Å². The Kier molecular flexibility index (Phi) is 7.65. The SMILES string of the molecule is CCC(C)(C)CNC(=O)C1=CC(S(=O)(=O)N(C)Cc2ccccc2)C(Br)C=C1. The van der Waals surface area contributed by atoms with Gasteiger partial charge in [0.2, 0.25) is 10.0 Å². The molecule has 1 N–H and O–H groups in total. The lowest BCUT2D eigenvalue weighted by atomic mass is 9.90. The predicted octanol–water partition coefficient (Wildman–Crippen LogP) is 3.63. The lowest BCUT2D eigenvalue weighted by Crippen LogP contribution is -2.41. The summed E-state index contributed by atoms with van der Waals surface area (Å²) in [4.78, 5) is 12.2. The predicted molar refractivity (Wildman–Crippen MR) is 118 cm³/mol. The van der Waals surface area contributed by atoms with E-state index in [0.29, 0.717) is 12.1 Å². The lowest BCUT2D eigenvalue weighted by molar-refractivity contribution is -0.117. The molecular weight excluding hydrogens is 440 g/mol. The third-order valence-electron chi connectivity index (χ3n) is 5.09. The first-order valence-electron chi connectivity index (χ1n) is 9.38. The summed E-state index contributed by atoms with van der Waals surface area (Å²) in [5.41, 5.74) is 1.28. The molecule has 0 radical (unpaired) electrons. The van der Waals surface area contributed by atoms with E-state index in [-0.39, 0.29) is 22.7 Å². The Bertz CT molecular complexity index is 848. The summed E-state index contributed by atoms with van der Waals surface area (Å²) in [5.74, 6) is -0.247. The fraction of sp³-hybridized carbons (Fsp3) is 0.476. The van der Waals surface area contributed by atoms with Gasteiger partial charge in [-0.1, -0.05) is 85.3 Å². The van der Waals surface area contributed by atoms with Crippen molar-refractivity contribution in [3.8, 4) is 0 Å². The van der Waals surface area contributed by atoms with E-state index in [9.17, 15) is 13.2 Å². The smallest absolute Gasteiger partial charge is 0.251 e. The van der Waals surface area contributed by atoms with Crippen molar-refractivity contribution < 1.29 is 13.2 Å². The molecule has 1 aromatic rings. The number of halogens is 1. The monoisotopic (exact) mass is 468 g/mol. The zero-order valence-corrected chi connectivity index (χ0v) is 19.3. The number of nitrogens with zero attached hydrogens (tertiary/aromatic N) is 1. The second kappa shape index (κ2) is 9.37. The summed E-state index contributed by atoms with van der Waals surface area (Å²) in [6, 6.07) is 9.44. The van der Waals surface area contributed by atoms with E-state index >= 15 is 0 Å². The lowest BCUT2D eigenvalue weighted by Gasteiger charge is -2.27. The van der Waals surface area contributed by atoms with Crippen molar-refractivity contribution >= 4 is 31.9 Å². The Hall–Kier alpha value is -1.44. The van der Waals surface area contributed by atoms with E-state index in [1.54, 1.807) is 25.3 Å². The van der Waals surface area contributed by atoms with Gasteiger partial charge in [-0.05, 0) is 17.4 Å². The van der Waals surface area contributed by atoms with Crippen LogP contribution in [0.2, 0.25) is 0 Å². The molecule has 0 saturated carbocycles. The van der Waals surface area contributed by atoms with E-state index in [1.807, 2.05) is 30.3 Å². The summed E-state index contributed by atoms with van der Waals surface area (Å²) in [6.07, 6.45) is 5.88. The molecule has 0 spiro atoms. The van der Waals surface area contributed by atoms with Crippen molar-refractivity contribution in [2.75, 3.05) is 13.6 Å². The number of hydrogen-bond acceptors (Lipinski definition) is 3. The molecule has 28 heavy (non-hydrogen) atoms. The van der Waals surface area contributed by atoms with Crippen molar-refractivity contribution in [1.82, 2.24) is 9.62 Å². The molecule has 5 nitrogen and oxygen atoms in total. The van der Waals surface area contributed by atoms with Crippen LogP contribution in [0.5, 0.6) is 0 Å². The number of carbonyl (C=O) groups excluding carboxylic acids is 1. The highest BCUT2D eigenvalue weighted by Gasteiger charge is 2.35. The Morgan fingerprint density at radius 3 is 2.50 bits per heavy atom. The molecule has 1 aliphatic carbocycles. The molecule has 1 amide bonds. The molecule has 7 heteroatoms. The zero-order chi connectivity index (χ0) is 20.9. The Morgan fingerprint density at radius 2 is 1.89 bits per heavy atom. The molecule has 2 atom stereocenters. The van der Waals surface area contributed by atoms with Crippen molar-refractivity contribution in [2.45, 2.75) is 43.8 Å². The number of sulfonamides is 1. The molecule has 0 saturated heterocycles. The second-order valence-corrected chi connectivity index (χ2v) is 11.1. The van der Waals surface area contributed by atoms with E-state index in [1.165, 1.54) is 4.31 Å². The van der Waals surface area contributed by atoms with Crippen LogP contribution in [-0.4, -0.2) is 42.3 Å². The van der Waals surface area contributed by atoms with Crippen LogP contribution in [0.1, 0.15) is 32.8 Å². The maximum absolute atomic E-state index is 13.1. The molecule has 1 aliphatic rings. The molecular formula is C21H29BrN2O3S. The van der Waals surface area contributed by atoms with Gasteiger partial charge >= 0.3 is 0 Å². The number of benzene rings is 1. The van der Waals surface area contributed by atoms with Gasteiger partial charge in [0.05, 0.1) is 4.83 Å². The third kappa shape index (κ3) is 5.78. The van der Waals surface area contributed by atoms with Crippen molar-refractivity contribution in [2.24, 2.45) is 5.41 Å². The molecule has 154 valence electrons. The number of nitrogens with one attached hydrogen (secondary N) is 1. The van der Waals surface area contributed by atoms with Gasteiger partial charge in [-0.2, -0.15) is 0 Å². The summed E-state index contributed by atoms with van der Waals surface area (Å²) in [5, 5.41) is 2.08. The van der Waals surface area contributed by atoms with Gasteiger partial charge in [-0.3, -0.25) is 4.79 Å². The zero-order valence-electron chi connectivity index (χ0n) is 16.9. The molecule has 0 aliphatic heterocycles. The number of hydrogen-bond donors (Lipinski definition) is 1. The normalized spacial score (nSPS) is 20.1. The van der Waals surface area contributed by atoms with Crippen LogP contribution >= 0.6 is 15.9 Å². The standard InChI is InChI=1S/C21H29BrN2O3S/c1-5-21(2,3)15-23-20(25)17-11-12-18(22)19(13-17)28(26,27)24(4)14-16-9-7-6-8-10-16/h6-13,18-19H,5,14-15H2,1-4H3,(H,23,25). The largest absolute Gasteiger partial charge is 0.352 e.